The number of benzene rings is 1. The Morgan fingerprint density at radius 1 is 1.31 bits per heavy atom. The topological polar surface area (TPSA) is 68.0 Å². The van der Waals surface area contributed by atoms with Gasteiger partial charge in [0.1, 0.15) is 0 Å². The second kappa shape index (κ2) is 8.96. The van der Waals surface area contributed by atoms with Crippen LogP contribution in [0.1, 0.15) is 48.0 Å². The zero-order valence-corrected chi connectivity index (χ0v) is 16.0. The molecular weight excluding hydrogens is 370 g/mol. The standard InChI is InChI=1S/C19H20ClN3O2S/c1-2-16-21-18(25-23-16)7-3-6-17(24)22-19(15-5-4-12-26-15)13-8-10-14(20)11-9-13/h4-5,8-12,19H,2-3,6-7H2,1H3,(H,22,24). The Labute approximate surface area is 161 Å². The Kier molecular flexibility index (Phi) is 6.41. The maximum Gasteiger partial charge on any atom is 0.226 e. The van der Waals surface area contributed by atoms with E-state index in [9.17, 15) is 4.79 Å². The van der Waals surface area contributed by atoms with Crippen molar-refractivity contribution >= 4 is 28.8 Å². The molecule has 5 nitrogen and oxygen atoms in total. The lowest BCUT2D eigenvalue weighted by Gasteiger charge is -2.18. The molecule has 0 aliphatic heterocycles. The fourth-order valence-electron chi connectivity index (χ4n) is 2.60. The summed E-state index contributed by atoms with van der Waals surface area (Å²) in [5.74, 6) is 1.28. The molecule has 0 fully saturated rings. The lowest BCUT2D eigenvalue weighted by molar-refractivity contribution is -0.121. The number of hydrogen-bond acceptors (Lipinski definition) is 5. The van der Waals surface area contributed by atoms with Gasteiger partial charge in [0.25, 0.3) is 0 Å². The fraction of sp³-hybridized carbons (Fsp3) is 0.316. The average molecular weight is 390 g/mol. The van der Waals surface area contributed by atoms with E-state index in [-0.39, 0.29) is 11.9 Å². The lowest BCUT2D eigenvalue weighted by atomic mass is 10.0. The molecular formula is C19H20ClN3O2S. The van der Waals surface area contributed by atoms with Crippen LogP contribution in [-0.2, 0) is 17.6 Å². The van der Waals surface area contributed by atoms with Crippen LogP contribution in [0.3, 0.4) is 0 Å². The van der Waals surface area contributed by atoms with E-state index in [4.69, 9.17) is 16.1 Å². The zero-order chi connectivity index (χ0) is 18.4. The molecule has 3 aromatic rings. The molecule has 1 aromatic carbocycles. The van der Waals surface area contributed by atoms with Crippen LogP contribution in [0.4, 0.5) is 0 Å². The Morgan fingerprint density at radius 2 is 2.12 bits per heavy atom. The summed E-state index contributed by atoms with van der Waals surface area (Å²) in [5, 5.41) is 9.67. The van der Waals surface area contributed by atoms with Crippen LogP contribution in [0.2, 0.25) is 5.02 Å². The summed E-state index contributed by atoms with van der Waals surface area (Å²) in [4.78, 5) is 17.8. The first-order chi connectivity index (χ1) is 12.7. The van der Waals surface area contributed by atoms with E-state index in [2.05, 4.69) is 15.5 Å². The Morgan fingerprint density at radius 3 is 2.77 bits per heavy atom. The highest BCUT2D eigenvalue weighted by atomic mass is 35.5. The third-order valence-corrected chi connectivity index (χ3v) is 5.15. The SMILES string of the molecule is CCc1noc(CCCC(=O)NC(c2ccc(Cl)cc2)c2cccs2)n1. The van der Waals surface area contributed by atoms with E-state index < -0.39 is 0 Å². The van der Waals surface area contributed by atoms with Crippen molar-refractivity contribution in [3.05, 3.63) is 69.0 Å². The van der Waals surface area contributed by atoms with Crippen LogP contribution >= 0.6 is 22.9 Å². The second-order valence-electron chi connectivity index (χ2n) is 5.88. The fourth-order valence-corrected chi connectivity index (χ4v) is 3.53. The first kappa shape index (κ1) is 18.6. The van der Waals surface area contributed by atoms with Gasteiger partial charge in [-0.2, -0.15) is 4.98 Å². The Balaban J connectivity index is 1.59. The number of rotatable bonds is 8. The molecule has 0 radical (unpaired) electrons. The number of aromatic nitrogens is 2. The summed E-state index contributed by atoms with van der Waals surface area (Å²) in [7, 11) is 0. The van der Waals surface area contributed by atoms with Gasteiger partial charge in [0.2, 0.25) is 11.8 Å². The number of halogens is 1. The molecule has 0 bridgehead atoms. The lowest BCUT2D eigenvalue weighted by Crippen LogP contribution is -2.28. The smallest absolute Gasteiger partial charge is 0.226 e. The summed E-state index contributed by atoms with van der Waals surface area (Å²) in [6.07, 6.45) is 2.41. The van der Waals surface area contributed by atoms with Gasteiger partial charge >= 0.3 is 0 Å². The molecule has 0 aliphatic carbocycles. The molecule has 3 rings (SSSR count). The van der Waals surface area contributed by atoms with Crippen LogP contribution in [0.5, 0.6) is 0 Å². The normalized spacial score (nSPS) is 12.1. The number of nitrogens with one attached hydrogen (secondary N) is 1. The van der Waals surface area contributed by atoms with Gasteiger partial charge < -0.3 is 9.84 Å². The number of hydrogen-bond donors (Lipinski definition) is 1. The van der Waals surface area contributed by atoms with Crippen LogP contribution < -0.4 is 5.32 Å². The molecule has 0 spiro atoms. The van der Waals surface area contributed by atoms with Gasteiger partial charge in [-0.15, -0.1) is 11.3 Å². The number of thiophene rings is 1. The monoisotopic (exact) mass is 389 g/mol. The van der Waals surface area contributed by atoms with E-state index >= 15 is 0 Å². The van der Waals surface area contributed by atoms with Crippen LogP contribution in [0.25, 0.3) is 0 Å². The molecule has 26 heavy (non-hydrogen) atoms. The van der Waals surface area contributed by atoms with Crippen molar-refractivity contribution in [2.75, 3.05) is 0 Å². The summed E-state index contributed by atoms with van der Waals surface area (Å²) in [6, 6.07) is 11.4. The van der Waals surface area contributed by atoms with Crippen molar-refractivity contribution in [3.8, 4) is 0 Å². The number of carbonyl (C=O) groups excluding carboxylic acids is 1. The maximum atomic E-state index is 12.4. The number of aryl methyl sites for hydroxylation is 2. The molecule has 1 N–H and O–H groups in total. The first-order valence-corrected chi connectivity index (χ1v) is 9.81. The summed E-state index contributed by atoms with van der Waals surface area (Å²) in [6.45, 7) is 1.98. The summed E-state index contributed by atoms with van der Waals surface area (Å²) >= 11 is 7.60. The van der Waals surface area contributed by atoms with E-state index in [0.29, 0.717) is 36.0 Å². The number of amides is 1. The third-order valence-electron chi connectivity index (χ3n) is 3.96. The van der Waals surface area contributed by atoms with Gasteiger partial charge in [-0.1, -0.05) is 41.9 Å². The molecule has 0 saturated carbocycles. The number of nitrogens with zero attached hydrogens (tertiary/aromatic N) is 2. The van der Waals surface area contributed by atoms with Gasteiger partial charge in [0.15, 0.2) is 5.82 Å². The Bertz CT molecular complexity index is 831. The van der Waals surface area contributed by atoms with E-state index in [1.165, 1.54) is 0 Å². The molecule has 0 aliphatic rings. The number of carbonyl (C=O) groups is 1. The van der Waals surface area contributed by atoms with Crippen LogP contribution in [0.15, 0.2) is 46.3 Å². The van der Waals surface area contributed by atoms with E-state index in [0.717, 1.165) is 16.9 Å². The average Bonchev–Trinajstić information content (AvgIpc) is 3.32. The van der Waals surface area contributed by atoms with E-state index in [1.807, 2.05) is 48.7 Å². The predicted octanol–water partition coefficient (Wildman–Crippen LogP) is 4.58. The van der Waals surface area contributed by atoms with Gasteiger partial charge in [0.05, 0.1) is 6.04 Å². The minimum absolute atomic E-state index is 0.00594. The van der Waals surface area contributed by atoms with Crippen molar-refractivity contribution in [1.29, 1.82) is 0 Å². The minimum Gasteiger partial charge on any atom is -0.344 e. The van der Waals surface area contributed by atoms with Crippen LogP contribution in [-0.4, -0.2) is 16.0 Å². The minimum atomic E-state index is -0.171. The summed E-state index contributed by atoms with van der Waals surface area (Å²) in [5.41, 5.74) is 1.01. The predicted molar refractivity (Wildman–Crippen MR) is 102 cm³/mol. The molecule has 7 heteroatoms. The maximum absolute atomic E-state index is 12.4. The summed E-state index contributed by atoms with van der Waals surface area (Å²) < 4.78 is 5.15. The first-order valence-electron chi connectivity index (χ1n) is 8.55. The van der Waals surface area contributed by atoms with Gasteiger partial charge in [-0.05, 0) is 35.6 Å². The van der Waals surface area contributed by atoms with Gasteiger partial charge in [0, 0.05) is 29.2 Å². The van der Waals surface area contributed by atoms with Crippen LogP contribution in [0, 0.1) is 0 Å². The molecule has 2 aromatic heterocycles. The highest BCUT2D eigenvalue weighted by molar-refractivity contribution is 7.10. The molecule has 2 heterocycles. The molecule has 0 saturated heterocycles. The van der Waals surface area contributed by atoms with Crippen molar-refractivity contribution in [2.45, 2.75) is 38.6 Å². The highest BCUT2D eigenvalue weighted by Gasteiger charge is 2.18. The quantitative estimate of drug-likeness (QED) is 0.612. The van der Waals surface area contributed by atoms with E-state index in [1.54, 1.807) is 11.3 Å². The van der Waals surface area contributed by atoms with Crippen molar-refractivity contribution in [3.63, 3.8) is 0 Å². The largest absolute Gasteiger partial charge is 0.344 e. The third kappa shape index (κ3) is 4.93. The molecule has 136 valence electrons. The molecule has 1 unspecified atom stereocenters. The Hall–Kier alpha value is -2.18. The zero-order valence-electron chi connectivity index (χ0n) is 14.4. The molecule has 1 amide bonds. The highest BCUT2D eigenvalue weighted by Crippen LogP contribution is 2.27. The van der Waals surface area contributed by atoms with Gasteiger partial charge in [-0.25, -0.2) is 0 Å². The van der Waals surface area contributed by atoms with Crippen molar-refractivity contribution < 1.29 is 9.32 Å². The molecule has 1 atom stereocenters. The second-order valence-corrected chi connectivity index (χ2v) is 7.29. The van der Waals surface area contributed by atoms with Crippen molar-refractivity contribution in [2.24, 2.45) is 0 Å². The van der Waals surface area contributed by atoms with Crippen molar-refractivity contribution in [1.82, 2.24) is 15.5 Å². The van der Waals surface area contributed by atoms with Gasteiger partial charge in [-0.3, -0.25) is 4.79 Å².